The van der Waals surface area contributed by atoms with E-state index in [2.05, 4.69) is 46.3 Å². The molecular formula is C27H26N4O. The van der Waals surface area contributed by atoms with Gasteiger partial charge in [0.1, 0.15) is 5.82 Å². The van der Waals surface area contributed by atoms with E-state index < -0.39 is 0 Å². The maximum atomic E-state index is 13.9. The Labute approximate surface area is 188 Å². The zero-order valence-electron chi connectivity index (χ0n) is 18.2. The molecule has 0 spiro atoms. The average molecular weight is 423 g/mol. The zero-order valence-corrected chi connectivity index (χ0v) is 18.2. The van der Waals surface area contributed by atoms with Gasteiger partial charge in [-0.1, -0.05) is 66.7 Å². The molecule has 0 saturated carbocycles. The van der Waals surface area contributed by atoms with E-state index in [9.17, 15) is 4.79 Å². The molecule has 1 aliphatic heterocycles. The van der Waals surface area contributed by atoms with Gasteiger partial charge in [-0.25, -0.2) is 4.98 Å². The molecule has 0 fully saturated rings. The molecule has 1 atom stereocenters. The first-order chi connectivity index (χ1) is 15.7. The summed E-state index contributed by atoms with van der Waals surface area (Å²) >= 11 is 0. The molecule has 5 heteroatoms. The van der Waals surface area contributed by atoms with Gasteiger partial charge >= 0.3 is 0 Å². The van der Waals surface area contributed by atoms with E-state index in [-0.39, 0.29) is 11.6 Å². The minimum absolute atomic E-state index is 0.0444. The maximum Gasteiger partial charge on any atom is 0.259 e. The van der Waals surface area contributed by atoms with Crippen LogP contribution in [0.25, 0.3) is 0 Å². The van der Waals surface area contributed by atoms with E-state index in [0.717, 1.165) is 47.7 Å². The molecule has 0 N–H and O–H groups in total. The fourth-order valence-electron chi connectivity index (χ4n) is 4.61. The second-order valence-electron chi connectivity index (χ2n) is 8.31. The van der Waals surface area contributed by atoms with Crippen molar-refractivity contribution in [2.75, 3.05) is 6.54 Å². The standard InChI is InChI=1S/C27H26N4O/c1-20-29-25-14-16-30(18-21-9-4-2-5-10-21)19-24(25)27(32)31(20)26(22-11-6-3-7-12-22)23-13-8-15-28-17-23/h2-13,15,17,26H,14,16,18-19H2,1H3. The van der Waals surface area contributed by atoms with Crippen LogP contribution < -0.4 is 5.56 Å². The number of benzene rings is 2. The minimum Gasteiger partial charge on any atom is -0.294 e. The van der Waals surface area contributed by atoms with Crippen molar-refractivity contribution in [2.45, 2.75) is 32.5 Å². The van der Waals surface area contributed by atoms with Crippen LogP contribution >= 0.6 is 0 Å². The number of aryl methyl sites for hydroxylation is 1. The third-order valence-corrected chi connectivity index (χ3v) is 6.14. The topological polar surface area (TPSA) is 51.0 Å². The number of pyridine rings is 1. The van der Waals surface area contributed by atoms with Crippen LogP contribution in [-0.2, 0) is 19.5 Å². The van der Waals surface area contributed by atoms with E-state index in [1.54, 1.807) is 6.20 Å². The third-order valence-electron chi connectivity index (χ3n) is 6.14. The van der Waals surface area contributed by atoms with Crippen molar-refractivity contribution in [1.29, 1.82) is 0 Å². The Kier molecular flexibility index (Phi) is 5.65. The fraction of sp³-hybridized carbons (Fsp3) is 0.222. The first-order valence-electron chi connectivity index (χ1n) is 11.0. The summed E-state index contributed by atoms with van der Waals surface area (Å²) in [4.78, 5) is 25.5. The number of fused-ring (bicyclic) bond motifs is 1. The summed E-state index contributed by atoms with van der Waals surface area (Å²) in [7, 11) is 0. The molecule has 1 unspecified atom stereocenters. The lowest BCUT2D eigenvalue weighted by Crippen LogP contribution is -2.40. The van der Waals surface area contributed by atoms with Gasteiger partial charge in [0.2, 0.25) is 0 Å². The number of rotatable bonds is 5. The SMILES string of the molecule is Cc1nc2c(c(=O)n1C(c1ccccc1)c1cccnc1)CN(Cc1ccccc1)CC2. The lowest BCUT2D eigenvalue weighted by Gasteiger charge is -2.30. The van der Waals surface area contributed by atoms with Crippen LogP contribution in [-0.4, -0.2) is 26.0 Å². The van der Waals surface area contributed by atoms with Gasteiger partial charge in [-0.15, -0.1) is 0 Å². The Morgan fingerprint density at radius 3 is 2.38 bits per heavy atom. The largest absolute Gasteiger partial charge is 0.294 e. The second kappa shape index (κ2) is 8.89. The van der Waals surface area contributed by atoms with Gasteiger partial charge in [-0.2, -0.15) is 0 Å². The number of nitrogens with zero attached hydrogens (tertiary/aromatic N) is 4. The maximum absolute atomic E-state index is 13.9. The first-order valence-corrected chi connectivity index (χ1v) is 11.0. The van der Waals surface area contributed by atoms with Gasteiger partial charge in [-0.05, 0) is 29.7 Å². The van der Waals surface area contributed by atoms with Gasteiger partial charge in [0.25, 0.3) is 5.56 Å². The molecule has 0 radical (unpaired) electrons. The molecule has 2 aromatic heterocycles. The minimum atomic E-state index is -0.264. The molecule has 0 saturated heterocycles. The summed E-state index contributed by atoms with van der Waals surface area (Å²) in [5.74, 6) is 0.739. The van der Waals surface area contributed by atoms with E-state index >= 15 is 0 Å². The molecule has 32 heavy (non-hydrogen) atoms. The van der Waals surface area contributed by atoms with Gasteiger partial charge in [0, 0.05) is 38.4 Å². The summed E-state index contributed by atoms with van der Waals surface area (Å²) in [5, 5.41) is 0. The van der Waals surface area contributed by atoms with Gasteiger partial charge < -0.3 is 0 Å². The van der Waals surface area contributed by atoms with Gasteiger partial charge in [0.05, 0.1) is 17.3 Å². The lowest BCUT2D eigenvalue weighted by atomic mass is 9.98. The van der Waals surface area contributed by atoms with Crippen molar-refractivity contribution >= 4 is 0 Å². The van der Waals surface area contributed by atoms with Crippen molar-refractivity contribution in [1.82, 2.24) is 19.4 Å². The predicted octanol–water partition coefficient (Wildman–Crippen LogP) is 4.14. The monoisotopic (exact) mass is 422 g/mol. The molecule has 0 aliphatic carbocycles. The van der Waals surface area contributed by atoms with Crippen molar-refractivity contribution in [3.8, 4) is 0 Å². The van der Waals surface area contributed by atoms with Crippen LogP contribution in [0.2, 0.25) is 0 Å². The Morgan fingerprint density at radius 2 is 1.66 bits per heavy atom. The highest BCUT2D eigenvalue weighted by Gasteiger charge is 2.27. The van der Waals surface area contributed by atoms with Crippen LogP contribution in [0.5, 0.6) is 0 Å². The normalized spacial score (nSPS) is 14.7. The predicted molar refractivity (Wildman–Crippen MR) is 125 cm³/mol. The fourth-order valence-corrected chi connectivity index (χ4v) is 4.61. The van der Waals surface area contributed by atoms with E-state index in [1.165, 1.54) is 5.56 Å². The summed E-state index contributed by atoms with van der Waals surface area (Å²) in [5.41, 5.74) is 5.07. The Morgan fingerprint density at radius 1 is 0.938 bits per heavy atom. The summed E-state index contributed by atoms with van der Waals surface area (Å²) in [6.45, 7) is 4.29. The van der Waals surface area contributed by atoms with E-state index in [1.807, 2.05) is 54.1 Å². The Balaban J connectivity index is 1.57. The summed E-state index contributed by atoms with van der Waals surface area (Å²) in [6.07, 6.45) is 4.39. The second-order valence-corrected chi connectivity index (χ2v) is 8.31. The molecule has 1 aliphatic rings. The van der Waals surface area contributed by atoms with Crippen LogP contribution in [0.1, 0.15) is 39.8 Å². The lowest BCUT2D eigenvalue weighted by molar-refractivity contribution is 0.240. The van der Waals surface area contributed by atoms with Crippen LogP contribution in [0, 0.1) is 6.92 Å². The molecule has 2 aromatic carbocycles. The molecule has 3 heterocycles. The number of aromatic nitrogens is 3. The van der Waals surface area contributed by atoms with Crippen LogP contribution in [0.3, 0.4) is 0 Å². The smallest absolute Gasteiger partial charge is 0.259 e. The molecular weight excluding hydrogens is 396 g/mol. The highest BCUT2D eigenvalue weighted by molar-refractivity contribution is 5.33. The Hall–Kier alpha value is -3.57. The van der Waals surface area contributed by atoms with E-state index in [4.69, 9.17) is 4.98 Å². The highest BCUT2D eigenvalue weighted by Crippen LogP contribution is 2.27. The van der Waals surface area contributed by atoms with E-state index in [0.29, 0.717) is 6.54 Å². The first kappa shape index (κ1) is 20.3. The van der Waals surface area contributed by atoms with Crippen molar-refractivity contribution < 1.29 is 0 Å². The van der Waals surface area contributed by atoms with Crippen molar-refractivity contribution in [3.05, 3.63) is 129 Å². The highest BCUT2D eigenvalue weighted by atomic mass is 16.1. The molecule has 0 amide bonds. The molecule has 160 valence electrons. The van der Waals surface area contributed by atoms with Crippen molar-refractivity contribution in [3.63, 3.8) is 0 Å². The van der Waals surface area contributed by atoms with Gasteiger partial charge in [-0.3, -0.25) is 19.2 Å². The molecule has 0 bridgehead atoms. The quantitative estimate of drug-likeness (QED) is 0.485. The third kappa shape index (κ3) is 3.99. The molecule has 4 aromatic rings. The number of hydrogen-bond donors (Lipinski definition) is 0. The zero-order chi connectivity index (χ0) is 21.9. The molecule has 5 rings (SSSR count). The average Bonchev–Trinajstić information content (AvgIpc) is 2.84. The van der Waals surface area contributed by atoms with Crippen LogP contribution in [0.15, 0.2) is 90.0 Å². The number of hydrogen-bond acceptors (Lipinski definition) is 4. The summed E-state index contributed by atoms with van der Waals surface area (Å²) < 4.78 is 1.84. The van der Waals surface area contributed by atoms with Crippen LogP contribution in [0.4, 0.5) is 0 Å². The van der Waals surface area contributed by atoms with Gasteiger partial charge in [0.15, 0.2) is 0 Å². The Bertz CT molecular complexity index is 1210. The molecule has 5 nitrogen and oxygen atoms in total. The van der Waals surface area contributed by atoms with Crippen molar-refractivity contribution in [2.24, 2.45) is 0 Å². The summed E-state index contributed by atoms with van der Waals surface area (Å²) in [6, 6.07) is 24.2.